The Labute approximate surface area is 119 Å². The molecule has 1 heteroatoms. The van der Waals surface area contributed by atoms with Crippen LogP contribution in [0.25, 0.3) is 0 Å². The van der Waals surface area contributed by atoms with Crippen molar-refractivity contribution in [3.63, 3.8) is 0 Å². The van der Waals surface area contributed by atoms with Crippen molar-refractivity contribution >= 4 is 0 Å². The van der Waals surface area contributed by atoms with E-state index in [4.69, 9.17) is 0 Å². The second-order valence-corrected chi connectivity index (χ2v) is 5.90. The highest BCUT2D eigenvalue weighted by atomic mass is 14.9. The van der Waals surface area contributed by atoms with Crippen molar-refractivity contribution in [1.82, 2.24) is 5.32 Å². The van der Waals surface area contributed by atoms with Crippen LogP contribution in [0.4, 0.5) is 0 Å². The maximum Gasteiger partial charge on any atom is 0.0294 e. The molecule has 0 saturated heterocycles. The van der Waals surface area contributed by atoms with Crippen LogP contribution in [0.5, 0.6) is 0 Å². The van der Waals surface area contributed by atoms with Gasteiger partial charge >= 0.3 is 0 Å². The molecule has 0 fully saturated rings. The summed E-state index contributed by atoms with van der Waals surface area (Å²) >= 11 is 0. The van der Waals surface area contributed by atoms with Gasteiger partial charge in [0.2, 0.25) is 0 Å². The highest BCUT2D eigenvalue weighted by molar-refractivity contribution is 5.23. The summed E-state index contributed by atoms with van der Waals surface area (Å²) in [4.78, 5) is 0. The zero-order chi connectivity index (χ0) is 14.1. The van der Waals surface area contributed by atoms with Crippen molar-refractivity contribution in [2.45, 2.75) is 78.3 Å². The molecule has 1 unspecified atom stereocenters. The Bertz CT molecular complexity index is 328. The number of aryl methyl sites for hydroxylation is 1. The maximum absolute atomic E-state index is 3.71. The summed E-state index contributed by atoms with van der Waals surface area (Å²) in [5.41, 5.74) is 2.73. The normalized spacial score (nSPS) is 14.3. The third kappa shape index (κ3) is 6.77. The summed E-state index contributed by atoms with van der Waals surface area (Å²) in [5.74, 6) is 0. The van der Waals surface area contributed by atoms with E-state index in [-0.39, 0.29) is 0 Å². The van der Waals surface area contributed by atoms with Crippen molar-refractivity contribution in [3.05, 3.63) is 35.4 Å². The van der Waals surface area contributed by atoms with Gasteiger partial charge < -0.3 is 5.32 Å². The van der Waals surface area contributed by atoms with Crippen LogP contribution in [0, 0.1) is 6.92 Å². The molecule has 1 aromatic carbocycles. The van der Waals surface area contributed by atoms with Gasteiger partial charge in [0.15, 0.2) is 0 Å². The van der Waals surface area contributed by atoms with E-state index >= 15 is 0 Å². The van der Waals surface area contributed by atoms with Crippen molar-refractivity contribution in [1.29, 1.82) is 0 Å². The largest absolute Gasteiger partial charge is 0.308 e. The third-order valence-electron chi connectivity index (χ3n) is 3.85. The molecule has 0 aromatic heterocycles. The average Bonchev–Trinajstić information content (AvgIpc) is 2.39. The fourth-order valence-electron chi connectivity index (χ4n) is 2.52. The number of nitrogens with one attached hydrogen (secondary N) is 1. The first-order valence-electron chi connectivity index (χ1n) is 7.96. The first kappa shape index (κ1) is 16.2. The van der Waals surface area contributed by atoms with E-state index in [9.17, 15) is 0 Å². The SMILES string of the molecule is CCCCCCCC(C)N[C@H](C)c1ccc(C)cc1. The van der Waals surface area contributed by atoms with Crippen LogP contribution in [0.1, 0.15) is 76.5 Å². The van der Waals surface area contributed by atoms with Crippen LogP contribution in [0.3, 0.4) is 0 Å². The van der Waals surface area contributed by atoms with Crippen LogP contribution in [0.15, 0.2) is 24.3 Å². The molecule has 1 aromatic rings. The van der Waals surface area contributed by atoms with Crippen LogP contribution < -0.4 is 5.32 Å². The summed E-state index contributed by atoms with van der Waals surface area (Å²) in [6.45, 7) is 8.98. The Kier molecular flexibility index (Phi) is 7.81. The number of rotatable bonds is 9. The van der Waals surface area contributed by atoms with E-state index in [0.29, 0.717) is 12.1 Å². The van der Waals surface area contributed by atoms with Gasteiger partial charge in [0.05, 0.1) is 0 Å². The fourth-order valence-corrected chi connectivity index (χ4v) is 2.52. The number of hydrogen-bond donors (Lipinski definition) is 1. The highest BCUT2D eigenvalue weighted by Gasteiger charge is 2.08. The molecule has 0 saturated carbocycles. The molecular formula is C18H31N. The summed E-state index contributed by atoms with van der Waals surface area (Å²) in [5, 5.41) is 3.71. The lowest BCUT2D eigenvalue weighted by molar-refractivity contribution is 0.436. The van der Waals surface area contributed by atoms with E-state index in [0.717, 1.165) is 0 Å². The molecule has 0 spiro atoms. The first-order valence-corrected chi connectivity index (χ1v) is 7.96. The van der Waals surface area contributed by atoms with Crippen molar-refractivity contribution in [2.75, 3.05) is 0 Å². The minimum Gasteiger partial charge on any atom is -0.308 e. The molecule has 0 aliphatic carbocycles. The Balaban J connectivity index is 2.23. The molecule has 1 N–H and O–H groups in total. The molecule has 0 radical (unpaired) electrons. The molecule has 0 amide bonds. The summed E-state index contributed by atoms with van der Waals surface area (Å²) in [6, 6.07) is 9.93. The first-order chi connectivity index (χ1) is 9.13. The van der Waals surface area contributed by atoms with Gasteiger partial charge in [-0.1, -0.05) is 68.9 Å². The van der Waals surface area contributed by atoms with Crippen LogP contribution in [-0.2, 0) is 0 Å². The second kappa shape index (κ2) is 9.14. The van der Waals surface area contributed by atoms with Crippen LogP contribution in [0.2, 0.25) is 0 Å². The smallest absolute Gasteiger partial charge is 0.0294 e. The predicted octanol–water partition coefficient (Wildman–Crippen LogP) is 5.39. The summed E-state index contributed by atoms with van der Waals surface area (Å²) in [7, 11) is 0. The molecule has 0 aliphatic rings. The topological polar surface area (TPSA) is 12.0 Å². The third-order valence-corrected chi connectivity index (χ3v) is 3.85. The standard InChI is InChI=1S/C18H31N/c1-5-6-7-8-9-10-16(3)19-17(4)18-13-11-15(2)12-14-18/h11-14,16-17,19H,5-10H2,1-4H3/t16?,17-/m1/s1. The van der Waals surface area contributed by atoms with E-state index in [1.165, 1.54) is 49.7 Å². The molecule has 0 bridgehead atoms. The fraction of sp³-hybridized carbons (Fsp3) is 0.667. The number of benzene rings is 1. The van der Waals surface area contributed by atoms with Gasteiger partial charge in [0, 0.05) is 12.1 Å². The maximum atomic E-state index is 3.71. The zero-order valence-corrected chi connectivity index (χ0v) is 13.2. The van der Waals surface area contributed by atoms with E-state index in [2.05, 4.69) is 57.3 Å². The lowest BCUT2D eigenvalue weighted by Crippen LogP contribution is -2.28. The molecule has 108 valence electrons. The van der Waals surface area contributed by atoms with Crippen molar-refractivity contribution < 1.29 is 0 Å². The Morgan fingerprint density at radius 3 is 2.21 bits per heavy atom. The van der Waals surface area contributed by atoms with Gasteiger partial charge in [0.25, 0.3) is 0 Å². The van der Waals surface area contributed by atoms with Gasteiger partial charge in [-0.25, -0.2) is 0 Å². The zero-order valence-electron chi connectivity index (χ0n) is 13.2. The molecule has 2 atom stereocenters. The predicted molar refractivity (Wildman–Crippen MR) is 85.6 cm³/mol. The van der Waals surface area contributed by atoms with Gasteiger partial charge in [-0.05, 0) is 32.8 Å². The van der Waals surface area contributed by atoms with Gasteiger partial charge in [-0.2, -0.15) is 0 Å². The van der Waals surface area contributed by atoms with Gasteiger partial charge in [0.1, 0.15) is 0 Å². The second-order valence-electron chi connectivity index (χ2n) is 5.90. The van der Waals surface area contributed by atoms with Crippen molar-refractivity contribution in [2.24, 2.45) is 0 Å². The van der Waals surface area contributed by atoms with Gasteiger partial charge in [-0.15, -0.1) is 0 Å². The summed E-state index contributed by atoms with van der Waals surface area (Å²) in [6.07, 6.45) is 8.16. The van der Waals surface area contributed by atoms with E-state index < -0.39 is 0 Å². The summed E-state index contributed by atoms with van der Waals surface area (Å²) < 4.78 is 0. The molecule has 1 nitrogen and oxygen atoms in total. The van der Waals surface area contributed by atoms with E-state index in [1.807, 2.05) is 0 Å². The minimum absolute atomic E-state index is 0.450. The van der Waals surface area contributed by atoms with Crippen LogP contribution >= 0.6 is 0 Å². The van der Waals surface area contributed by atoms with E-state index in [1.54, 1.807) is 0 Å². The quantitative estimate of drug-likeness (QED) is 0.587. The molecule has 0 heterocycles. The molecular weight excluding hydrogens is 230 g/mol. The molecule has 19 heavy (non-hydrogen) atoms. The monoisotopic (exact) mass is 261 g/mol. The Morgan fingerprint density at radius 1 is 0.947 bits per heavy atom. The molecule has 0 aliphatic heterocycles. The Hall–Kier alpha value is -0.820. The van der Waals surface area contributed by atoms with Crippen LogP contribution in [-0.4, -0.2) is 6.04 Å². The Morgan fingerprint density at radius 2 is 1.58 bits per heavy atom. The lowest BCUT2D eigenvalue weighted by Gasteiger charge is -2.20. The molecule has 1 rings (SSSR count). The van der Waals surface area contributed by atoms with Gasteiger partial charge in [-0.3, -0.25) is 0 Å². The van der Waals surface area contributed by atoms with Crippen molar-refractivity contribution in [3.8, 4) is 0 Å². The lowest BCUT2D eigenvalue weighted by atomic mass is 10.0. The number of unbranched alkanes of at least 4 members (excludes halogenated alkanes) is 4. The minimum atomic E-state index is 0.450. The average molecular weight is 261 g/mol. The number of hydrogen-bond acceptors (Lipinski definition) is 1. The highest BCUT2D eigenvalue weighted by Crippen LogP contribution is 2.15.